The summed E-state index contributed by atoms with van der Waals surface area (Å²) >= 11 is 0. The maximum atomic E-state index is 14.2. The molecular formula is C28H35NO3. The molecule has 0 unspecified atom stereocenters. The lowest BCUT2D eigenvalue weighted by Crippen LogP contribution is -2.54. The number of carbonyl (C=O) groups is 2. The lowest BCUT2D eigenvalue weighted by atomic mass is 9.54. The molecule has 2 aliphatic carbocycles. The van der Waals surface area contributed by atoms with Crippen LogP contribution in [0.2, 0.25) is 0 Å². The number of fused-ring (bicyclic) bond motifs is 1. The molecule has 4 aliphatic rings. The van der Waals surface area contributed by atoms with Crippen molar-refractivity contribution in [3.63, 3.8) is 0 Å². The van der Waals surface area contributed by atoms with Gasteiger partial charge in [-0.15, -0.1) is 0 Å². The Morgan fingerprint density at radius 3 is 2.62 bits per heavy atom. The van der Waals surface area contributed by atoms with Gasteiger partial charge in [-0.05, 0) is 49.5 Å². The van der Waals surface area contributed by atoms with Gasteiger partial charge in [0.1, 0.15) is 11.5 Å². The van der Waals surface area contributed by atoms with Crippen molar-refractivity contribution in [2.24, 2.45) is 35.0 Å². The Morgan fingerprint density at radius 1 is 1.12 bits per heavy atom. The van der Waals surface area contributed by atoms with Crippen molar-refractivity contribution < 1.29 is 14.3 Å². The van der Waals surface area contributed by atoms with Crippen LogP contribution in [0, 0.1) is 35.0 Å². The molecule has 2 fully saturated rings. The number of Topliss-reactive ketones (excluding diaryl/α,β-unsaturated/α-hetero) is 1. The zero-order chi connectivity index (χ0) is 22.6. The van der Waals surface area contributed by atoms with E-state index in [4.69, 9.17) is 4.74 Å². The zero-order valence-corrected chi connectivity index (χ0v) is 19.6. The van der Waals surface area contributed by atoms with E-state index in [9.17, 15) is 9.59 Å². The van der Waals surface area contributed by atoms with Gasteiger partial charge in [0, 0.05) is 17.9 Å². The van der Waals surface area contributed by atoms with E-state index in [0.717, 1.165) is 19.3 Å². The highest BCUT2D eigenvalue weighted by Gasteiger charge is 2.69. The highest BCUT2D eigenvalue weighted by atomic mass is 16.6. The fourth-order valence-corrected chi connectivity index (χ4v) is 6.83. The van der Waals surface area contributed by atoms with Crippen LogP contribution < -0.4 is 5.32 Å². The Kier molecular flexibility index (Phi) is 5.40. The van der Waals surface area contributed by atoms with Crippen molar-refractivity contribution in [2.45, 2.75) is 65.2 Å². The van der Waals surface area contributed by atoms with E-state index in [1.807, 2.05) is 18.2 Å². The SMILES string of the molecule is CC1=C[C@@H]2/C=C/C[C@H](C)C[C@H](C)[C@@H]3O[C@H]3C(=O)[C@]23C(=O)N[C@@H](Cc2ccccc2)[C@@H]3[C@@H]1C. The number of ether oxygens (including phenoxy) is 1. The van der Waals surface area contributed by atoms with Gasteiger partial charge in [-0.2, -0.15) is 0 Å². The second-order valence-corrected chi connectivity index (χ2v) is 10.8. The Balaban J connectivity index is 1.60. The van der Waals surface area contributed by atoms with Crippen molar-refractivity contribution in [3.8, 4) is 0 Å². The van der Waals surface area contributed by atoms with Gasteiger partial charge < -0.3 is 10.1 Å². The monoisotopic (exact) mass is 433 g/mol. The third-order valence-electron chi connectivity index (χ3n) is 8.58. The highest BCUT2D eigenvalue weighted by molar-refractivity contribution is 6.12. The Morgan fingerprint density at radius 2 is 1.88 bits per heavy atom. The van der Waals surface area contributed by atoms with E-state index in [1.165, 1.54) is 11.1 Å². The summed E-state index contributed by atoms with van der Waals surface area (Å²) in [6, 6.07) is 10.2. The van der Waals surface area contributed by atoms with Crippen LogP contribution >= 0.6 is 0 Å². The molecule has 0 saturated carbocycles. The largest absolute Gasteiger partial charge is 0.361 e. The maximum absolute atomic E-state index is 14.2. The number of hydrogen-bond donors (Lipinski definition) is 1. The van der Waals surface area contributed by atoms with Gasteiger partial charge in [0.25, 0.3) is 0 Å². The van der Waals surface area contributed by atoms with E-state index in [-0.39, 0.29) is 41.6 Å². The second-order valence-electron chi connectivity index (χ2n) is 10.8. The van der Waals surface area contributed by atoms with Crippen LogP contribution in [0.5, 0.6) is 0 Å². The van der Waals surface area contributed by atoms with Crippen LogP contribution in [-0.2, 0) is 20.7 Å². The van der Waals surface area contributed by atoms with Gasteiger partial charge >= 0.3 is 0 Å². The van der Waals surface area contributed by atoms with Crippen molar-refractivity contribution in [1.29, 1.82) is 0 Å². The molecule has 9 atom stereocenters. The number of epoxide rings is 1. The third-order valence-corrected chi connectivity index (χ3v) is 8.58. The van der Waals surface area contributed by atoms with E-state index < -0.39 is 11.5 Å². The van der Waals surface area contributed by atoms with Crippen LogP contribution in [0.15, 0.2) is 54.1 Å². The van der Waals surface area contributed by atoms with E-state index in [1.54, 1.807) is 0 Å². The van der Waals surface area contributed by atoms with Crippen LogP contribution in [0.25, 0.3) is 0 Å². The molecule has 0 radical (unpaired) electrons. The minimum absolute atomic E-state index is 0.00668. The van der Waals surface area contributed by atoms with Crippen molar-refractivity contribution in [1.82, 2.24) is 5.32 Å². The lowest BCUT2D eigenvalue weighted by Gasteiger charge is -2.44. The van der Waals surface area contributed by atoms with Crippen LogP contribution in [0.4, 0.5) is 0 Å². The summed E-state index contributed by atoms with van der Waals surface area (Å²) in [5.41, 5.74) is 1.38. The normalized spacial score (nSPS) is 44.3. The van der Waals surface area contributed by atoms with Gasteiger partial charge in [-0.25, -0.2) is 0 Å². The number of benzene rings is 1. The third kappa shape index (κ3) is 3.30. The molecular weight excluding hydrogens is 398 g/mol. The molecule has 2 aliphatic heterocycles. The summed E-state index contributed by atoms with van der Waals surface area (Å²) in [5, 5.41) is 3.29. The molecule has 1 aromatic carbocycles. The zero-order valence-electron chi connectivity index (χ0n) is 19.6. The number of hydrogen-bond acceptors (Lipinski definition) is 3. The van der Waals surface area contributed by atoms with Gasteiger partial charge in [-0.1, -0.05) is 74.9 Å². The van der Waals surface area contributed by atoms with Crippen LogP contribution in [-0.4, -0.2) is 29.9 Å². The quantitative estimate of drug-likeness (QED) is 0.424. The first-order chi connectivity index (χ1) is 15.3. The standard InChI is InChI=1S/C28H35NO3/c1-16-9-8-12-21-14-17(2)19(4)23-22(15-20-10-6-5-7-11-20)29-27(31)28(21,23)26(30)25-24(32-25)18(3)13-16/h5-8,10-12,14,16,18-19,21-25H,9,13,15H2,1-4H3,(H,29,31)/b12-8+/t16-,18-,19+,21-,22-,23-,24-,25+,28-/m0/s1. The first-order valence-corrected chi connectivity index (χ1v) is 12.2. The predicted molar refractivity (Wildman–Crippen MR) is 125 cm³/mol. The van der Waals surface area contributed by atoms with E-state index >= 15 is 0 Å². The summed E-state index contributed by atoms with van der Waals surface area (Å²) < 4.78 is 6.00. The Hall–Kier alpha value is -2.20. The minimum Gasteiger partial charge on any atom is -0.361 e. The van der Waals surface area contributed by atoms with Gasteiger partial charge in [0.15, 0.2) is 5.78 Å². The number of rotatable bonds is 2. The van der Waals surface area contributed by atoms with Crippen LogP contribution in [0.3, 0.4) is 0 Å². The summed E-state index contributed by atoms with van der Waals surface area (Å²) in [6.07, 6.45) is 8.78. The second kappa shape index (κ2) is 7.98. The number of amides is 1. The van der Waals surface area contributed by atoms with Gasteiger partial charge in [0.2, 0.25) is 5.91 Å². The first kappa shape index (κ1) is 21.6. The smallest absolute Gasteiger partial charge is 0.235 e. The summed E-state index contributed by atoms with van der Waals surface area (Å²) in [6.45, 7) is 8.79. The fourth-order valence-electron chi connectivity index (χ4n) is 6.83. The molecule has 32 heavy (non-hydrogen) atoms. The Labute approximate surface area is 191 Å². The molecule has 0 bridgehead atoms. The molecule has 170 valence electrons. The topological polar surface area (TPSA) is 58.7 Å². The van der Waals surface area contributed by atoms with Crippen LogP contribution in [0.1, 0.15) is 46.1 Å². The summed E-state index contributed by atoms with van der Waals surface area (Å²) in [7, 11) is 0. The molecule has 4 nitrogen and oxygen atoms in total. The van der Waals surface area contributed by atoms with E-state index in [0.29, 0.717) is 11.8 Å². The molecule has 1 amide bonds. The molecule has 1 N–H and O–H groups in total. The van der Waals surface area contributed by atoms with E-state index in [2.05, 4.69) is 63.4 Å². The lowest BCUT2D eigenvalue weighted by molar-refractivity contribution is -0.146. The first-order valence-electron chi connectivity index (χ1n) is 12.2. The molecule has 2 saturated heterocycles. The molecule has 4 heteroatoms. The summed E-state index contributed by atoms with van der Waals surface area (Å²) in [5.74, 6) is 0.599. The van der Waals surface area contributed by atoms with Crippen molar-refractivity contribution >= 4 is 11.7 Å². The molecule has 0 aromatic heterocycles. The minimum atomic E-state index is -1.08. The summed E-state index contributed by atoms with van der Waals surface area (Å²) in [4.78, 5) is 28.0. The number of nitrogens with one attached hydrogen (secondary N) is 1. The number of ketones is 1. The number of allylic oxidation sites excluding steroid dienone is 4. The fraction of sp³-hybridized carbons (Fsp3) is 0.571. The molecule has 5 rings (SSSR count). The molecule has 1 spiro atoms. The average molecular weight is 434 g/mol. The van der Waals surface area contributed by atoms with Crippen molar-refractivity contribution in [3.05, 3.63) is 59.7 Å². The Bertz CT molecular complexity index is 966. The predicted octanol–water partition coefficient (Wildman–Crippen LogP) is 4.50. The molecule has 1 aromatic rings. The van der Waals surface area contributed by atoms with Gasteiger partial charge in [0.05, 0.1) is 6.10 Å². The number of carbonyl (C=O) groups excluding carboxylic acids is 2. The van der Waals surface area contributed by atoms with Gasteiger partial charge in [-0.3, -0.25) is 9.59 Å². The average Bonchev–Trinajstić information content (AvgIpc) is 3.50. The highest BCUT2D eigenvalue weighted by Crippen LogP contribution is 2.56. The maximum Gasteiger partial charge on any atom is 0.235 e. The van der Waals surface area contributed by atoms with Crippen molar-refractivity contribution in [2.75, 3.05) is 0 Å². The molecule has 2 heterocycles.